The second kappa shape index (κ2) is 7.26. The van der Waals surface area contributed by atoms with Crippen LogP contribution >= 0.6 is 45.5 Å². The summed E-state index contributed by atoms with van der Waals surface area (Å²) in [5, 5.41) is 2.69. The minimum absolute atomic E-state index is 0.113. The average Bonchev–Trinajstić information content (AvgIpc) is 2.88. The number of hydrogen-bond donors (Lipinski definition) is 1. The molecule has 0 aliphatic heterocycles. The van der Waals surface area contributed by atoms with Gasteiger partial charge in [-0.3, -0.25) is 4.79 Å². The van der Waals surface area contributed by atoms with Crippen molar-refractivity contribution in [1.29, 1.82) is 0 Å². The predicted molar refractivity (Wildman–Crippen MR) is 96.9 cm³/mol. The molecule has 2 aromatic rings. The highest BCUT2D eigenvalue weighted by molar-refractivity contribution is 14.1. The van der Waals surface area contributed by atoms with E-state index in [2.05, 4.69) is 27.9 Å². The number of carbonyl (C=O) groups excluding carboxylic acids is 1. The van der Waals surface area contributed by atoms with Gasteiger partial charge in [0.25, 0.3) is 10.0 Å². The van der Waals surface area contributed by atoms with Gasteiger partial charge < -0.3 is 5.32 Å². The number of sulfonamides is 1. The van der Waals surface area contributed by atoms with Gasteiger partial charge in [-0.15, -0.1) is 11.3 Å². The Kier molecular flexibility index (Phi) is 5.83. The lowest BCUT2D eigenvalue weighted by atomic mass is 10.3. The lowest BCUT2D eigenvalue weighted by Gasteiger charge is -2.16. The summed E-state index contributed by atoms with van der Waals surface area (Å²) in [5.41, 5.74) is 0.651. The van der Waals surface area contributed by atoms with Gasteiger partial charge >= 0.3 is 0 Å². The molecule has 0 saturated carbocycles. The molecule has 1 N–H and O–H groups in total. The number of carbonyl (C=O) groups is 1. The summed E-state index contributed by atoms with van der Waals surface area (Å²) in [6.45, 7) is -0.275. The van der Waals surface area contributed by atoms with Crippen molar-refractivity contribution in [2.75, 3.05) is 18.9 Å². The van der Waals surface area contributed by atoms with Gasteiger partial charge in [0.2, 0.25) is 5.91 Å². The van der Waals surface area contributed by atoms with E-state index in [1.807, 2.05) is 12.1 Å². The van der Waals surface area contributed by atoms with Gasteiger partial charge in [0.15, 0.2) is 0 Å². The van der Waals surface area contributed by atoms with Crippen molar-refractivity contribution in [3.05, 3.63) is 44.3 Å². The molecule has 5 nitrogen and oxygen atoms in total. The number of nitrogens with zero attached hydrogens (tertiary/aromatic N) is 1. The summed E-state index contributed by atoms with van der Waals surface area (Å²) in [6, 6.07) is 10.2. The summed E-state index contributed by atoms with van der Waals surface area (Å²) in [7, 11) is -2.35. The first-order valence-corrected chi connectivity index (χ1v) is 9.78. The van der Waals surface area contributed by atoms with E-state index in [0.29, 0.717) is 10.0 Å². The third-order valence-corrected chi connectivity index (χ3v) is 7.17. The van der Waals surface area contributed by atoms with Crippen molar-refractivity contribution in [3.8, 4) is 0 Å². The van der Waals surface area contributed by atoms with Crippen LogP contribution in [0.15, 0.2) is 40.6 Å². The van der Waals surface area contributed by atoms with Crippen molar-refractivity contribution in [3.63, 3.8) is 0 Å². The smallest absolute Gasteiger partial charge is 0.252 e. The summed E-state index contributed by atoms with van der Waals surface area (Å²) < 4.78 is 27.0. The van der Waals surface area contributed by atoms with Crippen molar-refractivity contribution < 1.29 is 13.2 Å². The normalized spacial score (nSPS) is 11.6. The molecule has 2 rings (SSSR count). The fourth-order valence-corrected chi connectivity index (χ4v) is 4.97. The van der Waals surface area contributed by atoms with Gasteiger partial charge in [-0.2, -0.15) is 4.31 Å². The first-order valence-electron chi connectivity index (χ1n) is 6.07. The molecule has 1 aromatic carbocycles. The quantitative estimate of drug-likeness (QED) is 0.682. The molecule has 0 aliphatic rings. The summed E-state index contributed by atoms with van der Waals surface area (Å²) in [6.07, 6.45) is 0. The highest BCUT2D eigenvalue weighted by Crippen LogP contribution is 2.27. The van der Waals surface area contributed by atoms with Crippen LogP contribution in [-0.4, -0.2) is 32.2 Å². The second-order valence-corrected chi connectivity index (χ2v) is 9.50. The van der Waals surface area contributed by atoms with Crippen LogP contribution in [0.1, 0.15) is 0 Å². The van der Waals surface area contributed by atoms with E-state index >= 15 is 0 Å². The molecule has 0 bridgehead atoms. The van der Waals surface area contributed by atoms with Gasteiger partial charge in [-0.1, -0.05) is 23.7 Å². The number of amides is 1. The molecular weight excluding hydrogens is 459 g/mol. The van der Waals surface area contributed by atoms with E-state index < -0.39 is 15.9 Å². The highest BCUT2D eigenvalue weighted by atomic mass is 127. The molecule has 22 heavy (non-hydrogen) atoms. The molecule has 9 heteroatoms. The largest absolute Gasteiger partial charge is 0.324 e. The SMILES string of the molecule is CN(CC(=O)Nc1ccccc1I)S(=O)(=O)c1ccc(Cl)s1. The predicted octanol–water partition coefficient (Wildman–Crippen LogP) is 3.27. The molecule has 1 aromatic heterocycles. The fraction of sp³-hybridized carbons (Fsp3) is 0.154. The van der Waals surface area contributed by atoms with E-state index in [1.54, 1.807) is 12.1 Å². The summed E-state index contributed by atoms with van der Waals surface area (Å²) >= 11 is 8.81. The highest BCUT2D eigenvalue weighted by Gasteiger charge is 2.24. The number of nitrogens with one attached hydrogen (secondary N) is 1. The lowest BCUT2D eigenvalue weighted by molar-refractivity contribution is -0.116. The lowest BCUT2D eigenvalue weighted by Crippen LogP contribution is -2.34. The first kappa shape index (κ1) is 17.7. The van der Waals surface area contributed by atoms with Crippen LogP contribution in [0.4, 0.5) is 5.69 Å². The molecular formula is C13H12ClIN2O3S2. The Morgan fingerprint density at radius 3 is 2.59 bits per heavy atom. The number of halogens is 2. The Morgan fingerprint density at radius 1 is 1.32 bits per heavy atom. The molecule has 0 atom stereocenters. The number of para-hydroxylation sites is 1. The van der Waals surface area contributed by atoms with Crippen molar-refractivity contribution in [1.82, 2.24) is 4.31 Å². The van der Waals surface area contributed by atoms with Crippen molar-refractivity contribution in [2.45, 2.75) is 4.21 Å². The standard InChI is InChI=1S/C13H12ClIN2O3S2/c1-17(22(19,20)13-7-6-11(14)21-13)8-12(18)16-10-5-3-2-4-9(10)15/h2-7H,8H2,1H3,(H,16,18). The maximum Gasteiger partial charge on any atom is 0.252 e. The minimum atomic E-state index is -3.71. The Morgan fingerprint density at radius 2 is 2.00 bits per heavy atom. The molecule has 0 unspecified atom stereocenters. The number of benzene rings is 1. The Bertz CT molecular complexity index is 792. The topological polar surface area (TPSA) is 66.5 Å². The van der Waals surface area contributed by atoms with Gasteiger partial charge in [0, 0.05) is 10.6 Å². The van der Waals surface area contributed by atoms with Gasteiger partial charge in [0.1, 0.15) is 4.21 Å². The molecule has 0 aliphatic carbocycles. The number of hydrogen-bond acceptors (Lipinski definition) is 4. The van der Waals surface area contributed by atoms with E-state index in [-0.39, 0.29) is 10.8 Å². The van der Waals surface area contributed by atoms with E-state index in [4.69, 9.17) is 11.6 Å². The third kappa shape index (κ3) is 4.19. The van der Waals surface area contributed by atoms with E-state index in [9.17, 15) is 13.2 Å². The summed E-state index contributed by atoms with van der Waals surface area (Å²) in [5.74, 6) is -0.405. The number of anilines is 1. The molecule has 1 amide bonds. The third-order valence-electron chi connectivity index (χ3n) is 2.73. The summed E-state index contributed by atoms with van der Waals surface area (Å²) in [4.78, 5) is 12.0. The molecule has 1 heterocycles. The monoisotopic (exact) mass is 470 g/mol. The molecule has 0 spiro atoms. The Balaban J connectivity index is 2.07. The van der Waals surface area contributed by atoms with E-state index in [0.717, 1.165) is 19.2 Å². The molecule has 118 valence electrons. The number of likely N-dealkylation sites (N-methyl/N-ethyl adjacent to an activating group) is 1. The molecule has 0 saturated heterocycles. The first-order chi connectivity index (χ1) is 10.3. The maximum absolute atomic E-state index is 12.3. The zero-order chi connectivity index (χ0) is 16.3. The second-order valence-electron chi connectivity index (χ2n) is 4.35. The van der Waals surface area contributed by atoms with Crippen LogP contribution in [0.25, 0.3) is 0 Å². The Hall–Kier alpha value is -0.680. The maximum atomic E-state index is 12.3. The van der Waals surface area contributed by atoms with Crippen LogP contribution in [0.2, 0.25) is 4.34 Å². The van der Waals surface area contributed by atoms with E-state index in [1.165, 1.54) is 19.2 Å². The van der Waals surface area contributed by atoms with Crippen LogP contribution < -0.4 is 5.32 Å². The van der Waals surface area contributed by atoms with Crippen molar-refractivity contribution >= 4 is 67.1 Å². The zero-order valence-corrected chi connectivity index (χ0v) is 16.0. The van der Waals surface area contributed by atoms with Gasteiger partial charge in [-0.05, 0) is 46.9 Å². The van der Waals surface area contributed by atoms with Crippen LogP contribution in [-0.2, 0) is 14.8 Å². The van der Waals surface area contributed by atoms with Crippen LogP contribution in [0.3, 0.4) is 0 Å². The van der Waals surface area contributed by atoms with Gasteiger partial charge in [0.05, 0.1) is 16.6 Å². The number of thiophene rings is 1. The fourth-order valence-electron chi connectivity index (χ4n) is 1.63. The van der Waals surface area contributed by atoms with Crippen molar-refractivity contribution in [2.24, 2.45) is 0 Å². The van der Waals surface area contributed by atoms with Gasteiger partial charge in [-0.25, -0.2) is 8.42 Å². The number of rotatable bonds is 5. The van der Waals surface area contributed by atoms with Crippen LogP contribution in [0.5, 0.6) is 0 Å². The minimum Gasteiger partial charge on any atom is -0.324 e. The average molecular weight is 471 g/mol. The Labute approximate surface area is 151 Å². The van der Waals surface area contributed by atoms with Crippen LogP contribution in [0, 0.1) is 3.57 Å². The molecule has 0 fully saturated rings. The zero-order valence-electron chi connectivity index (χ0n) is 11.4. The molecule has 0 radical (unpaired) electrons.